The zero-order chi connectivity index (χ0) is 11.8. The molecule has 0 aliphatic carbocycles. The van der Waals surface area contributed by atoms with Crippen LogP contribution in [0.25, 0.3) is 0 Å². The number of unbranched alkanes of at least 4 members (excludes halogenated alkanes) is 3. The maximum absolute atomic E-state index is 10.7. The van der Waals surface area contributed by atoms with Gasteiger partial charge < -0.3 is 9.84 Å². The van der Waals surface area contributed by atoms with E-state index < -0.39 is 5.97 Å². The number of benzene rings is 1. The first kappa shape index (κ1) is 12.6. The highest BCUT2D eigenvalue weighted by Crippen LogP contribution is 2.14. The molecule has 0 bridgehead atoms. The van der Waals surface area contributed by atoms with Crippen LogP contribution in [0.4, 0.5) is 0 Å². The van der Waals surface area contributed by atoms with Gasteiger partial charge >= 0.3 is 5.97 Å². The molecule has 0 unspecified atom stereocenters. The maximum atomic E-state index is 10.7. The van der Waals surface area contributed by atoms with Crippen LogP contribution in [0.15, 0.2) is 24.3 Å². The minimum atomic E-state index is -0.920. The lowest BCUT2D eigenvalue weighted by molar-refractivity contribution is 0.0696. The zero-order valence-electron chi connectivity index (χ0n) is 9.61. The van der Waals surface area contributed by atoms with Gasteiger partial charge in [0.05, 0.1) is 12.2 Å². The first-order valence-electron chi connectivity index (χ1n) is 5.70. The number of carboxylic acids is 1. The molecule has 0 aromatic heterocycles. The fourth-order valence-corrected chi connectivity index (χ4v) is 1.44. The fourth-order valence-electron chi connectivity index (χ4n) is 1.44. The van der Waals surface area contributed by atoms with Gasteiger partial charge in [-0.2, -0.15) is 0 Å². The van der Waals surface area contributed by atoms with Gasteiger partial charge in [0, 0.05) is 0 Å². The van der Waals surface area contributed by atoms with Gasteiger partial charge in [-0.1, -0.05) is 32.3 Å². The highest BCUT2D eigenvalue weighted by molar-refractivity contribution is 5.87. The zero-order valence-corrected chi connectivity index (χ0v) is 9.61. The van der Waals surface area contributed by atoms with E-state index in [0.717, 1.165) is 12.8 Å². The van der Waals surface area contributed by atoms with Crippen LogP contribution in [-0.2, 0) is 0 Å². The van der Waals surface area contributed by atoms with Crippen molar-refractivity contribution in [2.75, 3.05) is 6.61 Å². The second-order valence-electron chi connectivity index (χ2n) is 3.74. The molecular formula is C13H18O3. The molecule has 0 amide bonds. The predicted octanol–water partition coefficient (Wildman–Crippen LogP) is 3.34. The summed E-state index contributed by atoms with van der Waals surface area (Å²) in [6.45, 7) is 2.82. The molecule has 0 aliphatic heterocycles. The van der Waals surface area contributed by atoms with Gasteiger partial charge in [-0.25, -0.2) is 4.79 Å². The average molecular weight is 222 g/mol. The largest absolute Gasteiger partial charge is 0.494 e. The third-order valence-electron chi connectivity index (χ3n) is 2.35. The van der Waals surface area contributed by atoms with Crippen LogP contribution < -0.4 is 4.74 Å². The van der Waals surface area contributed by atoms with Gasteiger partial charge in [-0.05, 0) is 24.6 Å². The van der Waals surface area contributed by atoms with E-state index in [4.69, 9.17) is 9.84 Å². The number of hydrogen-bond acceptors (Lipinski definition) is 2. The van der Waals surface area contributed by atoms with Crippen molar-refractivity contribution >= 4 is 5.97 Å². The van der Waals surface area contributed by atoms with Crippen LogP contribution in [0.1, 0.15) is 43.0 Å². The van der Waals surface area contributed by atoms with E-state index in [0.29, 0.717) is 12.4 Å². The van der Waals surface area contributed by atoms with Crippen LogP contribution in [0.5, 0.6) is 5.75 Å². The average Bonchev–Trinajstić information content (AvgIpc) is 2.29. The Morgan fingerprint density at radius 1 is 1.31 bits per heavy atom. The van der Waals surface area contributed by atoms with Crippen LogP contribution in [0, 0.1) is 0 Å². The monoisotopic (exact) mass is 222 g/mol. The normalized spacial score (nSPS) is 10.1. The molecule has 0 aliphatic rings. The highest BCUT2D eigenvalue weighted by Gasteiger charge is 2.03. The Hall–Kier alpha value is -1.51. The Balaban J connectivity index is 2.36. The lowest BCUT2D eigenvalue weighted by atomic mass is 10.2. The summed E-state index contributed by atoms with van der Waals surface area (Å²) < 4.78 is 5.48. The topological polar surface area (TPSA) is 46.5 Å². The van der Waals surface area contributed by atoms with Crippen molar-refractivity contribution in [1.82, 2.24) is 0 Å². The standard InChI is InChI=1S/C13H18O3/c1-2-3-4-5-9-16-12-8-6-7-11(10-12)13(14)15/h6-8,10H,2-5,9H2,1H3,(H,14,15). The number of carboxylic acid groups (broad SMARTS) is 1. The van der Waals surface area contributed by atoms with Crippen molar-refractivity contribution in [1.29, 1.82) is 0 Å². The van der Waals surface area contributed by atoms with Gasteiger partial charge in [0.1, 0.15) is 5.75 Å². The summed E-state index contributed by atoms with van der Waals surface area (Å²) in [6.07, 6.45) is 4.60. The summed E-state index contributed by atoms with van der Waals surface area (Å²) in [6, 6.07) is 6.60. The van der Waals surface area contributed by atoms with Crippen molar-refractivity contribution in [3.8, 4) is 5.75 Å². The van der Waals surface area contributed by atoms with E-state index in [1.807, 2.05) is 0 Å². The van der Waals surface area contributed by atoms with Gasteiger partial charge in [0.25, 0.3) is 0 Å². The third kappa shape index (κ3) is 4.34. The van der Waals surface area contributed by atoms with E-state index in [1.165, 1.54) is 12.8 Å². The molecule has 1 aromatic carbocycles. The van der Waals surface area contributed by atoms with E-state index in [1.54, 1.807) is 24.3 Å². The molecule has 0 spiro atoms. The summed E-state index contributed by atoms with van der Waals surface area (Å²) in [5, 5.41) is 8.80. The molecule has 3 nitrogen and oxygen atoms in total. The molecule has 3 heteroatoms. The van der Waals surface area contributed by atoms with Gasteiger partial charge in [-0.15, -0.1) is 0 Å². The first-order valence-corrected chi connectivity index (χ1v) is 5.70. The summed E-state index contributed by atoms with van der Waals surface area (Å²) in [5.74, 6) is -0.284. The number of carbonyl (C=O) groups is 1. The van der Waals surface area contributed by atoms with Crippen molar-refractivity contribution in [2.45, 2.75) is 32.6 Å². The summed E-state index contributed by atoms with van der Waals surface area (Å²) in [5.41, 5.74) is 0.269. The predicted molar refractivity (Wildman–Crippen MR) is 63.0 cm³/mol. The Morgan fingerprint density at radius 3 is 2.81 bits per heavy atom. The van der Waals surface area contributed by atoms with E-state index in [-0.39, 0.29) is 5.56 Å². The molecule has 0 radical (unpaired) electrons. The number of ether oxygens (including phenoxy) is 1. The quantitative estimate of drug-likeness (QED) is 0.720. The van der Waals surface area contributed by atoms with Crippen LogP contribution in [0.3, 0.4) is 0 Å². The van der Waals surface area contributed by atoms with Crippen LogP contribution in [0.2, 0.25) is 0 Å². The van der Waals surface area contributed by atoms with Crippen molar-refractivity contribution in [2.24, 2.45) is 0 Å². The highest BCUT2D eigenvalue weighted by atomic mass is 16.5. The van der Waals surface area contributed by atoms with Crippen molar-refractivity contribution < 1.29 is 14.6 Å². The number of aromatic carboxylic acids is 1. The molecule has 0 saturated heterocycles. The summed E-state index contributed by atoms with van der Waals surface area (Å²) in [4.78, 5) is 10.7. The first-order chi connectivity index (χ1) is 7.74. The van der Waals surface area contributed by atoms with E-state index >= 15 is 0 Å². The van der Waals surface area contributed by atoms with E-state index in [9.17, 15) is 4.79 Å². The van der Waals surface area contributed by atoms with Gasteiger partial charge in [0.2, 0.25) is 0 Å². The molecule has 16 heavy (non-hydrogen) atoms. The Morgan fingerprint density at radius 2 is 2.12 bits per heavy atom. The maximum Gasteiger partial charge on any atom is 0.335 e. The Labute approximate surface area is 96.1 Å². The molecule has 0 atom stereocenters. The molecule has 88 valence electrons. The van der Waals surface area contributed by atoms with Crippen molar-refractivity contribution in [3.05, 3.63) is 29.8 Å². The molecule has 0 saturated carbocycles. The molecule has 0 fully saturated rings. The number of hydrogen-bond donors (Lipinski definition) is 1. The Bertz CT molecular complexity index is 334. The third-order valence-corrected chi connectivity index (χ3v) is 2.35. The van der Waals surface area contributed by atoms with Crippen LogP contribution in [-0.4, -0.2) is 17.7 Å². The molecular weight excluding hydrogens is 204 g/mol. The van der Waals surface area contributed by atoms with Crippen LogP contribution >= 0.6 is 0 Å². The molecule has 1 N–H and O–H groups in total. The fraction of sp³-hybridized carbons (Fsp3) is 0.462. The molecule has 1 rings (SSSR count). The minimum absolute atomic E-state index is 0.269. The minimum Gasteiger partial charge on any atom is -0.494 e. The van der Waals surface area contributed by atoms with E-state index in [2.05, 4.69) is 6.92 Å². The summed E-state index contributed by atoms with van der Waals surface area (Å²) >= 11 is 0. The lowest BCUT2D eigenvalue weighted by Crippen LogP contribution is -2.00. The second kappa shape index (κ2) is 6.88. The Kier molecular flexibility index (Phi) is 5.40. The molecule has 0 heterocycles. The second-order valence-corrected chi connectivity index (χ2v) is 3.74. The number of rotatable bonds is 7. The molecule has 1 aromatic rings. The SMILES string of the molecule is CCCCCCOc1cccc(C(=O)O)c1. The van der Waals surface area contributed by atoms with Gasteiger partial charge in [-0.3, -0.25) is 0 Å². The van der Waals surface area contributed by atoms with Gasteiger partial charge in [0.15, 0.2) is 0 Å². The summed E-state index contributed by atoms with van der Waals surface area (Å²) in [7, 11) is 0. The lowest BCUT2D eigenvalue weighted by Gasteiger charge is -2.06. The smallest absolute Gasteiger partial charge is 0.335 e. The van der Waals surface area contributed by atoms with Crippen molar-refractivity contribution in [3.63, 3.8) is 0 Å².